The van der Waals surface area contributed by atoms with Crippen LogP contribution in [-0.4, -0.2) is 6.29 Å². The molecule has 6 heteroatoms. The number of rotatable bonds is 1. The average molecular weight is 98.1 g/mol. The maximum Gasteiger partial charge on any atom is 0.292 e. The summed E-state index contributed by atoms with van der Waals surface area (Å²) in [5.41, 5.74) is 6.32. The molecule has 7 heavy (non-hydrogen) atoms. The molecule has 0 saturated heterocycles. The molecule has 0 aromatic carbocycles. The highest BCUT2D eigenvalue weighted by atomic mass is 15.6. The van der Waals surface area contributed by atoms with Gasteiger partial charge in [0.25, 0.3) is 6.29 Å². The molecule has 0 atom stereocenters. The van der Waals surface area contributed by atoms with E-state index in [0.29, 0.717) is 0 Å². The van der Waals surface area contributed by atoms with Crippen molar-refractivity contribution in [2.24, 2.45) is 25.8 Å². The van der Waals surface area contributed by atoms with E-state index >= 15 is 0 Å². The zero-order valence-electron chi connectivity index (χ0n) is 3.31. The second kappa shape index (κ2) is 1.50. The van der Waals surface area contributed by atoms with Gasteiger partial charge in [-0.3, -0.25) is 0 Å². The van der Waals surface area contributed by atoms with Crippen LogP contribution in [0.15, 0.2) is 25.8 Å². The Hall–Kier alpha value is -1.20. The van der Waals surface area contributed by atoms with Crippen LogP contribution in [-0.2, 0) is 0 Å². The summed E-state index contributed by atoms with van der Waals surface area (Å²) in [7, 11) is 0. The fraction of sp³-hybridized carbons (Fsp3) is 1.00. The van der Waals surface area contributed by atoms with Crippen molar-refractivity contribution < 1.29 is 0 Å². The van der Waals surface area contributed by atoms with Crippen LogP contribution in [0.1, 0.15) is 0 Å². The lowest BCUT2D eigenvalue weighted by molar-refractivity contribution is 0.679. The second-order valence-corrected chi connectivity index (χ2v) is 0.885. The van der Waals surface area contributed by atoms with Crippen molar-refractivity contribution in [3.05, 3.63) is 0 Å². The molecule has 0 saturated carbocycles. The van der Waals surface area contributed by atoms with Crippen LogP contribution in [0.25, 0.3) is 0 Å². The Labute approximate surface area is 38.8 Å². The Morgan fingerprint density at radius 1 is 1.29 bits per heavy atom. The minimum Gasteiger partial charge on any atom is -0.205 e. The zero-order chi connectivity index (χ0) is 5.11. The summed E-state index contributed by atoms with van der Waals surface area (Å²) in [6.07, 6.45) is -0.694. The molecule has 1 rings (SSSR count). The minimum absolute atomic E-state index is 0.694. The van der Waals surface area contributed by atoms with Crippen molar-refractivity contribution >= 4 is 0 Å². The van der Waals surface area contributed by atoms with Gasteiger partial charge in [0.1, 0.15) is 0 Å². The van der Waals surface area contributed by atoms with Crippen LogP contribution < -0.4 is 0 Å². The van der Waals surface area contributed by atoms with Crippen LogP contribution in [0.5, 0.6) is 0 Å². The largest absolute Gasteiger partial charge is 0.292 e. The molecule has 0 aromatic heterocycles. The molecule has 36 valence electrons. The number of hydrogen-bond acceptors (Lipinski definition) is 6. The second-order valence-electron chi connectivity index (χ2n) is 0.885. The van der Waals surface area contributed by atoms with Crippen molar-refractivity contribution in [2.45, 2.75) is 6.29 Å². The van der Waals surface area contributed by atoms with E-state index in [2.05, 4.69) is 25.8 Å². The van der Waals surface area contributed by atoms with Crippen molar-refractivity contribution in [1.82, 2.24) is 0 Å². The van der Waals surface area contributed by atoms with Crippen LogP contribution in [0.3, 0.4) is 0 Å². The van der Waals surface area contributed by atoms with Crippen molar-refractivity contribution in [3.63, 3.8) is 0 Å². The third-order valence-electron chi connectivity index (χ3n) is 0.465. The minimum atomic E-state index is -0.694. The first kappa shape index (κ1) is 3.97. The highest BCUT2D eigenvalue weighted by molar-refractivity contribution is 4.51. The topological polar surface area (TPSA) is 85.6 Å². The van der Waals surface area contributed by atoms with Gasteiger partial charge in [0, 0.05) is 0 Å². The molecule has 0 aromatic rings. The van der Waals surface area contributed by atoms with Crippen LogP contribution in [0.2, 0.25) is 0 Å². The molecular weight excluding hydrogens is 96.1 g/mol. The zero-order valence-corrected chi connectivity index (χ0v) is 3.31. The van der Waals surface area contributed by atoms with Gasteiger partial charge in [-0.2, -0.15) is 0 Å². The van der Waals surface area contributed by atoms with E-state index < -0.39 is 6.29 Å². The molecule has 0 fully saturated rings. The standard InChI is InChI=1S/CH2N6/c2-3-1-4-6-7-5-1/h1-2H. The van der Waals surface area contributed by atoms with Crippen LogP contribution in [0, 0.1) is 5.53 Å². The fourth-order valence-corrected chi connectivity index (χ4v) is 0.213. The summed E-state index contributed by atoms with van der Waals surface area (Å²) in [5, 5.41) is 15.7. The van der Waals surface area contributed by atoms with Gasteiger partial charge in [-0.15, -0.1) is 15.3 Å². The van der Waals surface area contributed by atoms with Gasteiger partial charge in [-0.25, -0.2) is 5.53 Å². The molecule has 0 spiro atoms. The van der Waals surface area contributed by atoms with Gasteiger partial charge in [0.05, 0.1) is 0 Å². The van der Waals surface area contributed by atoms with E-state index in [1.165, 1.54) is 0 Å². The molecule has 1 aliphatic heterocycles. The van der Waals surface area contributed by atoms with E-state index in [9.17, 15) is 0 Å². The quantitative estimate of drug-likeness (QED) is 0.476. The summed E-state index contributed by atoms with van der Waals surface area (Å²) in [6.45, 7) is 0. The molecule has 0 amide bonds. The van der Waals surface area contributed by atoms with Crippen molar-refractivity contribution in [3.8, 4) is 0 Å². The molecule has 0 bridgehead atoms. The Balaban J connectivity index is 2.59. The monoisotopic (exact) mass is 98.0 g/mol. The first-order valence-corrected chi connectivity index (χ1v) is 1.60. The summed E-state index contributed by atoms with van der Waals surface area (Å²) in [6, 6.07) is 0. The van der Waals surface area contributed by atoms with Gasteiger partial charge in [-0.1, -0.05) is 0 Å². The predicted molar refractivity (Wildman–Crippen MR) is 18.6 cm³/mol. The van der Waals surface area contributed by atoms with Crippen LogP contribution in [0.4, 0.5) is 0 Å². The summed E-state index contributed by atoms with van der Waals surface area (Å²) in [4.78, 5) is 0. The molecule has 0 unspecified atom stereocenters. The third kappa shape index (κ3) is 0.619. The summed E-state index contributed by atoms with van der Waals surface area (Å²) in [5.74, 6) is 0. The van der Waals surface area contributed by atoms with Gasteiger partial charge < -0.3 is 0 Å². The lowest BCUT2D eigenvalue weighted by atomic mass is 11.0. The van der Waals surface area contributed by atoms with Gasteiger partial charge >= 0.3 is 0 Å². The molecule has 1 heterocycles. The average Bonchev–Trinajstić information content (AvgIpc) is 2.14. The maximum atomic E-state index is 6.32. The molecule has 0 radical (unpaired) electrons. The molecule has 1 aliphatic rings. The van der Waals surface area contributed by atoms with Crippen molar-refractivity contribution in [2.75, 3.05) is 0 Å². The first-order chi connectivity index (χ1) is 3.43. The maximum absolute atomic E-state index is 6.32. The highest BCUT2D eigenvalue weighted by Crippen LogP contribution is 2.03. The molecule has 0 aliphatic carbocycles. The van der Waals surface area contributed by atoms with Gasteiger partial charge in [0.2, 0.25) is 0 Å². The number of hydrogen-bond donors (Lipinski definition) is 1. The Bertz CT molecular complexity index is 110. The Kier molecular flexibility index (Phi) is 0.851. The normalized spacial score (nSPS) is 18.3. The van der Waals surface area contributed by atoms with E-state index in [1.807, 2.05) is 0 Å². The summed E-state index contributed by atoms with van der Waals surface area (Å²) < 4.78 is 0. The van der Waals surface area contributed by atoms with Crippen molar-refractivity contribution in [1.29, 1.82) is 5.53 Å². The molecule has 6 nitrogen and oxygen atoms in total. The molecular formula is CH2N6. The van der Waals surface area contributed by atoms with E-state index in [-0.39, 0.29) is 0 Å². The predicted octanol–water partition coefficient (Wildman–Crippen LogP) is 1.13. The van der Waals surface area contributed by atoms with Gasteiger partial charge in [-0.05, 0) is 10.4 Å². The van der Waals surface area contributed by atoms with Crippen LogP contribution >= 0.6 is 0 Å². The first-order valence-electron chi connectivity index (χ1n) is 1.60. The third-order valence-corrected chi connectivity index (χ3v) is 0.465. The van der Waals surface area contributed by atoms with E-state index in [0.717, 1.165) is 0 Å². The fourth-order valence-electron chi connectivity index (χ4n) is 0.213. The van der Waals surface area contributed by atoms with E-state index in [1.54, 1.807) is 0 Å². The van der Waals surface area contributed by atoms with Gasteiger partial charge in [0.15, 0.2) is 0 Å². The SMILES string of the molecule is N=NC1N=NN=N1. The lowest BCUT2D eigenvalue weighted by Gasteiger charge is -1.79. The smallest absolute Gasteiger partial charge is 0.205 e. The lowest BCUT2D eigenvalue weighted by Crippen LogP contribution is -1.84. The Morgan fingerprint density at radius 2 is 1.86 bits per heavy atom. The molecule has 1 N–H and O–H groups in total. The number of nitrogens with zero attached hydrogens (tertiary/aromatic N) is 5. The van der Waals surface area contributed by atoms with E-state index in [4.69, 9.17) is 5.53 Å². The number of nitrogens with one attached hydrogen (secondary N) is 1. The Morgan fingerprint density at radius 3 is 2.14 bits per heavy atom. The summed E-state index contributed by atoms with van der Waals surface area (Å²) >= 11 is 0. The highest BCUT2D eigenvalue weighted by Gasteiger charge is 2.02.